The Morgan fingerprint density at radius 2 is 2.06 bits per heavy atom. The van der Waals surface area contributed by atoms with Crippen molar-refractivity contribution in [2.24, 2.45) is 5.92 Å². The van der Waals surface area contributed by atoms with Crippen molar-refractivity contribution >= 4 is 22.3 Å². The van der Waals surface area contributed by atoms with E-state index in [1.807, 2.05) is 24.3 Å². The summed E-state index contributed by atoms with van der Waals surface area (Å²) in [7, 11) is 2.08. The van der Waals surface area contributed by atoms with Gasteiger partial charge in [0.05, 0.1) is 16.9 Å². The van der Waals surface area contributed by atoms with Gasteiger partial charge in [-0.15, -0.1) is 0 Å². The molecule has 0 saturated heterocycles. The predicted molar refractivity (Wildman–Crippen MR) is 74.3 cm³/mol. The lowest BCUT2D eigenvalue weighted by Gasteiger charge is -2.23. The molecule has 3 heteroatoms. The quantitative estimate of drug-likeness (QED) is 0.823. The van der Waals surface area contributed by atoms with Crippen LogP contribution >= 0.6 is 0 Å². The summed E-state index contributed by atoms with van der Waals surface area (Å²) in [4.78, 5) is 6.51. The first-order valence-corrected chi connectivity index (χ1v) is 5.94. The molecular formula is C14H19N3. The fourth-order valence-corrected chi connectivity index (χ4v) is 2.14. The molecule has 0 aliphatic heterocycles. The summed E-state index contributed by atoms with van der Waals surface area (Å²) in [6.07, 6.45) is 1.79. The number of pyridine rings is 1. The minimum Gasteiger partial charge on any atom is -0.396 e. The van der Waals surface area contributed by atoms with Crippen molar-refractivity contribution in [2.75, 3.05) is 24.2 Å². The van der Waals surface area contributed by atoms with Crippen LogP contribution in [0.1, 0.15) is 13.8 Å². The van der Waals surface area contributed by atoms with Crippen LogP contribution in [0.25, 0.3) is 10.9 Å². The van der Waals surface area contributed by atoms with Crippen LogP contribution < -0.4 is 10.6 Å². The van der Waals surface area contributed by atoms with E-state index in [9.17, 15) is 0 Å². The minimum atomic E-state index is 0.615. The molecule has 1 aromatic carbocycles. The molecule has 0 atom stereocenters. The van der Waals surface area contributed by atoms with Gasteiger partial charge in [0.1, 0.15) is 0 Å². The second-order valence-corrected chi connectivity index (χ2v) is 4.84. The molecule has 1 heterocycles. The smallest absolute Gasteiger partial charge is 0.0724 e. The summed E-state index contributed by atoms with van der Waals surface area (Å²) in [5, 5.41) is 1.03. The number of hydrogen-bond acceptors (Lipinski definition) is 3. The normalized spacial score (nSPS) is 11.1. The highest BCUT2D eigenvalue weighted by Crippen LogP contribution is 2.29. The summed E-state index contributed by atoms with van der Waals surface area (Å²) >= 11 is 0. The molecule has 2 rings (SSSR count). The van der Waals surface area contributed by atoms with Gasteiger partial charge in [-0.2, -0.15) is 0 Å². The molecule has 3 nitrogen and oxygen atoms in total. The minimum absolute atomic E-state index is 0.615. The van der Waals surface area contributed by atoms with Gasteiger partial charge in [-0.1, -0.05) is 13.8 Å². The Hall–Kier alpha value is -1.77. The van der Waals surface area contributed by atoms with Gasteiger partial charge in [-0.25, -0.2) is 0 Å². The molecule has 0 unspecified atom stereocenters. The highest BCUT2D eigenvalue weighted by Gasteiger charge is 2.09. The van der Waals surface area contributed by atoms with E-state index in [4.69, 9.17) is 5.73 Å². The number of hydrogen-bond donors (Lipinski definition) is 1. The second-order valence-electron chi connectivity index (χ2n) is 4.84. The zero-order valence-electron chi connectivity index (χ0n) is 10.6. The molecule has 0 aliphatic carbocycles. The van der Waals surface area contributed by atoms with Gasteiger partial charge in [0.25, 0.3) is 0 Å². The average Bonchev–Trinajstić information content (AvgIpc) is 2.28. The third kappa shape index (κ3) is 2.33. The van der Waals surface area contributed by atoms with Gasteiger partial charge < -0.3 is 10.6 Å². The highest BCUT2D eigenvalue weighted by molar-refractivity contribution is 5.97. The third-order valence-electron chi connectivity index (χ3n) is 2.85. The Balaban J connectivity index is 2.45. The second kappa shape index (κ2) is 4.62. The van der Waals surface area contributed by atoms with Crippen LogP contribution in [0.5, 0.6) is 0 Å². The average molecular weight is 229 g/mol. The van der Waals surface area contributed by atoms with E-state index in [-0.39, 0.29) is 0 Å². The van der Waals surface area contributed by atoms with Crippen LogP contribution in [0.3, 0.4) is 0 Å². The topological polar surface area (TPSA) is 42.2 Å². The highest BCUT2D eigenvalue weighted by atomic mass is 15.1. The Labute approximate surface area is 102 Å². The van der Waals surface area contributed by atoms with E-state index < -0.39 is 0 Å². The van der Waals surface area contributed by atoms with Crippen LogP contribution in [0.15, 0.2) is 30.5 Å². The number of aromatic nitrogens is 1. The molecule has 0 fully saturated rings. The van der Waals surface area contributed by atoms with E-state index in [0.29, 0.717) is 5.92 Å². The van der Waals surface area contributed by atoms with Gasteiger partial charge in [0.2, 0.25) is 0 Å². The van der Waals surface area contributed by atoms with Crippen molar-refractivity contribution in [3.05, 3.63) is 30.5 Å². The van der Waals surface area contributed by atoms with Gasteiger partial charge in [0, 0.05) is 25.2 Å². The van der Waals surface area contributed by atoms with E-state index in [0.717, 1.165) is 28.8 Å². The Morgan fingerprint density at radius 3 is 2.76 bits per heavy atom. The summed E-state index contributed by atoms with van der Waals surface area (Å²) in [5.74, 6) is 0.615. The molecule has 2 N–H and O–H groups in total. The van der Waals surface area contributed by atoms with Crippen LogP contribution in [-0.2, 0) is 0 Å². The number of benzene rings is 1. The van der Waals surface area contributed by atoms with E-state index in [1.54, 1.807) is 6.20 Å². The molecule has 0 amide bonds. The molecule has 90 valence electrons. The molecule has 0 spiro atoms. The van der Waals surface area contributed by atoms with Gasteiger partial charge in [0.15, 0.2) is 0 Å². The molecular weight excluding hydrogens is 210 g/mol. The number of rotatable bonds is 3. The molecule has 1 aromatic heterocycles. The zero-order chi connectivity index (χ0) is 12.4. The SMILES string of the molecule is CC(C)CN(C)c1ccc2ncccc2c1N. The third-order valence-corrected chi connectivity index (χ3v) is 2.85. The number of nitrogens with zero attached hydrogens (tertiary/aromatic N) is 2. The summed E-state index contributed by atoms with van der Waals surface area (Å²) in [6.45, 7) is 5.40. The maximum absolute atomic E-state index is 6.21. The number of fused-ring (bicyclic) bond motifs is 1. The lowest BCUT2D eigenvalue weighted by molar-refractivity contribution is 0.639. The monoisotopic (exact) mass is 229 g/mol. The van der Waals surface area contributed by atoms with Crippen molar-refractivity contribution in [1.82, 2.24) is 4.98 Å². The van der Waals surface area contributed by atoms with Gasteiger partial charge in [-0.05, 0) is 30.2 Å². The predicted octanol–water partition coefficient (Wildman–Crippen LogP) is 2.91. The van der Waals surface area contributed by atoms with Gasteiger partial charge >= 0.3 is 0 Å². The van der Waals surface area contributed by atoms with Crippen molar-refractivity contribution in [3.8, 4) is 0 Å². The first-order valence-electron chi connectivity index (χ1n) is 5.94. The van der Waals surface area contributed by atoms with Crippen LogP contribution in [0, 0.1) is 5.92 Å². The standard InChI is InChI=1S/C14H19N3/c1-10(2)9-17(3)13-7-6-12-11(14(13)15)5-4-8-16-12/h4-8,10H,9,15H2,1-3H3. The Morgan fingerprint density at radius 1 is 1.29 bits per heavy atom. The zero-order valence-corrected chi connectivity index (χ0v) is 10.6. The first kappa shape index (κ1) is 11.7. The number of nitrogen functional groups attached to an aromatic ring is 1. The number of anilines is 2. The van der Waals surface area contributed by atoms with E-state index in [2.05, 4.69) is 30.8 Å². The molecule has 0 saturated carbocycles. The fourth-order valence-electron chi connectivity index (χ4n) is 2.14. The van der Waals surface area contributed by atoms with Crippen molar-refractivity contribution in [1.29, 1.82) is 0 Å². The van der Waals surface area contributed by atoms with Crippen LogP contribution in [0.2, 0.25) is 0 Å². The molecule has 2 aromatic rings. The first-order chi connectivity index (χ1) is 8.09. The van der Waals surface area contributed by atoms with Crippen LogP contribution in [-0.4, -0.2) is 18.6 Å². The van der Waals surface area contributed by atoms with E-state index in [1.165, 1.54) is 0 Å². The van der Waals surface area contributed by atoms with Gasteiger partial charge in [-0.3, -0.25) is 4.98 Å². The summed E-state index contributed by atoms with van der Waals surface area (Å²) in [6, 6.07) is 8.01. The van der Waals surface area contributed by atoms with Crippen molar-refractivity contribution < 1.29 is 0 Å². The van der Waals surface area contributed by atoms with Crippen molar-refractivity contribution in [2.45, 2.75) is 13.8 Å². The fraction of sp³-hybridized carbons (Fsp3) is 0.357. The largest absolute Gasteiger partial charge is 0.396 e. The maximum Gasteiger partial charge on any atom is 0.0724 e. The maximum atomic E-state index is 6.21. The van der Waals surface area contributed by atoms with Crippen LogP contribution in [0.4, 0.5) is 11.4 Å². The van der Waals surface area contributed by atoms with E-state index >= 15 is 0 Å². The summed E-state index contributed by atoms with van der Waals surface area (Å²) < 4.78 is 0. The Bertz CT molecular complexity index is 520. The lowest BCUT2D eigenvalue weighted by Crippen LogP contribution is -2.23. The van der Waals surface area contributed by atoms with Crippen molar-refractivity contribution in [3.63, 3.8) is 0 Å². The molecule has 0 aliphatic rings. The molecule has 17 heavy (non-hydrogen) atoms. The Kier molecular flexibility index (Phi) is 3.18. The lowest BCUT2D eigenvalue weighted by atomic mass is 10.1. The summed E-state index contributed by atoms with van der Waals surface area (Å²) in [5.41, 5.74) is 9.07. The molecule has 0 bridgehead atoms. The molecule has 0 radical (unpaired) electrons. The number of nitrogens with two attached hydrogens (primary N) is 1.